The van der Waals surface area contributed by atoms with Gasteiger partial charge in [0, 0.05) is 6.07 Å². The molecule has 0 atom stereocenters. The highest BCUT2D eigenvalue weighted by molar-refractivity contribution is 6.31. The number of aromatic nitrogens is 2. The third kappa shape index (κ3) is 2.36. The Bertz CT molecular complexity index is 568. The summed E-state index contributed by atoms with van der Waals surface area (Å²) in [5, 5.41) is 24.1. The summed E-state index contributed by atoms with van der Waals surface area (Å²) in [4.78, 5) is 10.3. The molecular formula is C10H8ClN3O3. The average molecular weight is 254 g/mol. The quantitative estimate of drug-likeness (QED) is 0.672. The summed E-state index contributed by atoms with van der Waals surface area (Å²) in [6.07, 6.45) is 2.62. The molecule has 0 unspecified atom stereocenters. The number of nitrogens with zero attached hydrogens (tertiary/aromatic N) is 3. The van der Waals surface area contributed by atoms with Gasteiger partial charge < -0.3 is 5.11 Å². The Morgan fingerprint density at radius 3 is 2.88 bits per heavy atom. The van der Waals surface area contributed by atoms with Gasteiger partial charge in [-0.2, -0.15) is 5.10 Å². The molecule has 1 N–H and O–H groups in total. The second-order valence-electron chi connectivity index (χ2n) is 3.39. The first kappa shape index (κ1) is 11.4. The third-order valence-corrected chi connectivity index (χ3v) is 2.58. The van der Waals surface area contributed by atoms with Crippen LogP contribution in [0.5, 0.6) is 5.75 Å². The van der Waals surface area contributed by atoms with Gasteiger partial charge in [0.25, 0.3) is 5.69 Å². The van der Waals surface area contributed by atoms with Gasteiger partial charge in [-0.1, -0.05) is 17.7 Å². The Morgan fingerprint density at radius 1 is 1.53 bits per heavy atom. The van der Waals surface area contributed by atoms with E-state index < -0.39 is 4.92 Å². The van der Waals surface area contributed by atoms with Crippen LogP contribution in [0.4, 0.5) is 5.69 Å². The second-order valence-corrected chi connectivity index (χ2v) is 3.80. The maximum atomic E-state index is 10.8. The molecule has 0 bridgehead atoms. The average Bonchev–Trinajstić information content (AvgIpc) is 2.67. The number of benzene rings is 1. The van der Waals surface area contributed by atoms with Crippen molar-refractivity contribution >= 4 is 17.3 Å². The van der Waals surface area contributed by atoms with Gasteiger partial charge in [-0.05, 0) is 6.07 Å². The van der Waals surface area contributed by atoms with Gasteiger partial charge in [0.2, 0.25) is 0 Å². The van der Waals surface area contributed by atoms with E-state index in [4.69, 9.17) is 16.7 Å². The van der Waals surface area contributed by atoms with Crippen molar-refractivity contribution in [2.45, 2.75) is 6.54 Å². The highest BCUT2D eigenvalue weighted by atomic mass is 35.5. The van der Waals surface area contributed by atoms with E-state index in [1.165, 1.54) is 29.2 Å². The van der Waals surface area contributed by atoms with Crippen molar-refractivity contribution in [2.24, 2.45) is 0 Å². The maximum Gasteiger partial charge on any atom is 0.275 e. The lowest BCUT2D eigenvalue weighted by Crippen LogP contribution is -2.04. The van der Waals surface area contributed by atoms with Gasteiger partial charge in [0.15, 0.2) is 5.75 Å². The smallest absolute Gasteiger partial charge is 0.275 e. The molecular weight excluding hydrogens is 246 g/mol. The first-order chi connectivity index (χ1) is 8.08. The highest BCUT2D eigenvalue weighted by Gasteiger charge is 2.17. The first-order valence-electron chi connectivity index (χ1n) is 4.71. The number of hydrogen-bond donors (Lipinski definition) is 1. The minimum atomic E-state index is -0.495. The SMILES string of the molecule is O=[N+]([O-])c1cccc(Cl)c1Cn1cc(O)cn1. The fourth-order valence-electron chi connectivity index (χ4n) is 1.48. The summed E-state index contributed by atoms with van der Waals surface area (Å²) in [5.41, 5.74) is 0.301. The largest absolute Gasteiger partial charge is 0.505 e. The van der Waals surface area contributed by atoms with Crippen LogP contribution in [-0.4, -0.2) is 19.8 Å². The molecule has 1 aromatic carbocycles. The molecule has 0 spiro atoms. The molecule has 1 heterocycles. The van der Waals surface area contributed by atoms with E-state index in [-0.39, 0.29) is 18.0 Å². The number of nitro benzene ring substituents is 1. The summed E-state index contributed by atoms with van der Waals surface area (Å²) in [6.45, 7) is 0.135. The van der Waals surface area contributed by atoms with Crippen LogP contribution >= 0.6 is 11.6 Å². The van der Waals surface area contributed by atoms with Crippen LogP contribution in [0.3, 0.4) is 0 Å². The highest BCUT2D eigenvalue weighted by Crippen LogP contribution is 2.27. The van der Waals surface area contributed by atoms with E-state index in [1.807, 2.05) is 0 Å². The van der Waals surface area contributed by atoms with Crippen molar-refractivity contribution in [1.29, 1.82) is 0 Å². The fourth-order valence-corrected chi connectivity index (χ4v) is 1.71. The molecule has 2 aromatic rings. The van der Waals surface area contributed by atoms with Gasteiger partial charge in [-0.25, -0.2) is 0 Å². The lowest BCUT2D eigenvalue weighted by molar-refractivity contribution is -0.385. The van der Waals surface area contributed by atoms with E-state index in [1.54, 1.807) is 6.07 Å². The van der Waals surface area contributed by atoms with E-state index in [0.29, 0.717) is 10.6 Å². The summed E-state index contributed by atoms with van der Waals surface area (Å²) >= 11 is 5.92. The molecule has 7 heteroatoms. The van der Waals surface area contributed by atoms with Crippen molar-refractivity contribution in [1.82, 2.24) is 9.78 Å². The van der Waals surface area contributed by atoms with Crippen molar-refractivity contribution in [2.75, 3.05) is 0 Å². The first-order valence-corrected chi connectivity index (χ1v) is 5.09. The third-order valence-electron chi connectivity index (χ3n) is 2.23. The Balaban J connectivity index is 2.40. The van der Waals surface area contributed by atoms with Crippen LogP contribution in [0, 0.1) is 10.1 Å². The molecule has 17 heavy (non-hydrogen) atoms. The minimum Gasteiger partial charge on any atom is -0.505 e. The maximum absolute atomic E-state index is 10.8. The van der Waals surface area contributed by atoms with Gasteiger partial charge in [-0.3, -0.25) is 14.8 Å². The molecule has 0 radical (unpaired) electrons. The molecule has 0 aliphatic heterocycles. The van der Waals surface area contributed by atoms with Crippen LogP contribution in [-0.2, 0) is 6.54 Å². The topological polar surface area (TPSA) is 81.2 Å². The minimum absolute atomic E-state index is 0.000272. The van der Waals surface area contributed by atoms with Crippen LogP contribution in [0.25, 0.3) is 0 Å². The standard InChI is InChI=1S/C10H8ClN3O3/c11-9-2-1-3-10(14(16)17)8(9)6-13-5-7(15)4-12-13/h1-5,15H,6H2. The van der Waals surface area contributed by atoms with Crippen LogP contribution in [0.15, 0.2) is 30.6 Å². The summed E-state index contributed by atoms with van der Waals surface area (Å²) in [6, 6.07) is 4.47. The Labute approximate surface area is 101 Å². The molecule has 6 nitrogen and oxygen atoms in total. The Kier molecular flexibility index (Phi) is 2.97. The van der Waals surface area contributed by atoms with Crippen molar-refractivity contribution in [3.8, 4) is 5.75 Å². The summed E-state index contributed by atoms with van der Waals surface area (Å²) in [7, 11) is 0. The Morgan fingerprint density at radius 2 is 2.29 bits per heavy atom. The van der Waals surface area contributed by atoms with Crippen molar-refractivity contribution in [3.05, 3.63) is 51.3 Å². The second kappa shape index (κ2) is 4.42. The molecule has 1 aromatic heterocycles. The number of rotatable bonds is 3. The zero-order valence-electron chi connectivity index (χ0n) is 8.58. The van der Waals surface area contributed by atoms with Crippen molar-refractivity contribution < 1.29 is 10.0 Å². The van der Waals surface area contributed by atoms with Gasteiger partial charge in [0.05, 0.1) is 34.4 Å². The summed E-state index contributed by atoms with van der Waals surface area (Å²) in [5.74, 6) is -0.000272. The zero-order valence-corrected chi connectivity index (χ0v) is 9.33. The molecule has 88 valence electrons. The van der Waals surface area contributed by atoms with Gasteiger partial charge in [-0.15, -0.1) is 0 Å². The predicted octanol–water partition coefficient (Wildman–Crippen LogP) is 2.20. The molecule has 0 aliphatic rings. The number of halogens is 1. The predicted molar refractivity (Wildman–Crippen MR) is 61.1 cm³/mol. The Hall–Kier alpha value is -2.08. The van der Waals surface area contributed by atoms with Crippen LogP contribution < -0.4 is 0 Å². The number of aromatic hydroxyl groups is 1. The van der Waals surface area contributed by atoms with Gasteiger partial charge in [0.1, 0.15) is 0 Å². The molecule has 0 saturated heterocycles. The van der Waals surface area contributed by atoms with E-state index in [9.17, 15) is 10.1 Å². The van der Waals surface area contributed by atoms with Crippen molar-refractivity contribution in [3.63, 3.8) is 0 Å². The molecule has 0 aliphatic carbocycles. The molecule has 0 amide bonds. The lowest BCUT2D eigenvalue weighted by atomic mass is 10.2. The van der Waals surface area contributed by atoms with Crippen LogP contribution in [0.2, 0.25) is 5.02 Å². The number of hydrogen-bond acceptors (Lipinski definition) is 4. The van der Waals surface area contributed by atoms with E-state index in [0.717, 1.165) is 0 Å². The van der Waals surface area contributed by atoms with Gasteiger partial charge >= 0.3 is 0 Å². The lowest BCUT2D eigenvalue weighted by Gasteiger charge is -2.05. The fraction of sp³-hybridized carbons (Fsp3) is 0.100. The normalized spacial score (nSPS) is 10.4. The van der Waals surface area contributed by atoms with Crippen LogP contribution in [0.1, 0.15) is 5.56 Å². The molecule has 2 rings (SSSR count). The molecule has 0 fully saturated rings. The van der Waals surface area contributed by atoms with E-state index >= 15 is 0 Å². The zero-order chi connectivity index (χ0) is 12.4. The summed E-state index contributed by atoms with van der Waals surface area (Å²) < 4.78 is 1.38. The van der Waals surface area contributed by atoms with E-state index in [2.05, 4.69) is 5.10 Å². The molecule has 0 saturated carbocycles. The number of nitro groups is 1. The monoisotopic (exact) mass is 253 g/mol.